The Hall–Kier alpha value is -0.570. The second kappa shape index (κ2) is 6.55. The summed E-state index contributed by atoms with van der Waals surface area (Å²) >= 11 is 0. The van der Waals surface area contributed by atoms with E-state index in [0.717, 1.165) is 38.8 Å². The fourth-order valence-corrected chi connectivity index (χ4v) is 2.93. The molecule has 1 saturated heterocycles. The third-order valence-electron chi connectivity index (χ3n) is 3.78. The van der Waals surface area contributed by atoms with Crippen LogP contribution in [0.1, 0.15) is 60.3 Å². The zero-order valence-electron chi connectivity index (χ0n) is 12.8. The Balaban J connectivity index is 2.85. The van der Waals surface area contributed by atoms with Gasteiger partial charge in [0.1, 0.15) is 0 Å². The number of nitrogens with one attached hydrogen (secondary N) is 1. The van der Waals surface area contributed by atoms with Gasteiger partial charge in [-0.25, -0.2) is 0 Å². The summed E-state index contributed by atoms with van der Waals surface area (Å²) in [6.45, 7) is 12.6. The van der Waals surface area contributed by atoms with Gasteiger partial charge in [-0.15, -0.1) is 0 Å². The highest BCUT2D eigenvalue weighted by Crippen LogP contribution is 2.28. The molecule has 0 aromatic heterocycles. The van der Waals surface area contributed by atoms with E-state index in [1.54, 1.807) is 0 Å². The van der Waals surface area contributed by atoms with E-state index in [1.807, 2.05) is 0 Å². The molecule has 106 valence electrons. The van der Waals surface area contributed by atoms with Crippen LogP contribution in [-0.4, -0.2) is 35.5 Å². The molecule has 0 bridgehead atoms. The molecule has 0 aromatic rings. The molecule has 1 N–H and O–H groups in total. The van der Waals surface area contributed by atoms with Gasteiger partial charge in [0.15, 0.2) is 0 Å². The Morgan fingerprint density at radius 3 is 2.39 bits per heavy atom. The van der Waals surface area contributed by atoms with Gasteiger partial charge in [-0.2, -0.15) is 0 Å². The first-order valence-electron chi connectivity index (χ1n) is 7.49. The van der Waals surface area contributed by atoms with Crippen LogP contribution in [-0.2, 0) is 4.79 Å². The van der Waals surface area contributed by atoms with Gasteiger partial charge >= 0.3 is 0 Å². The molecule has 1 fully saturated rings. The third kappa shape index (κ3) is 3.47. The van der Waals surface area contributed by atoms with Crippen molar-refractivity contribution in [2.24, 2.45) is 5.92 Å². The SMILES string of the molecule is CCCC1(C(=O)N(CC(C)C)C(C)C)CCCN1. The van der Waals surface area contributed by atoms with Gasteiger partial charge in [0.05, 0.1) is 5.54 Å². The number of rotatable bonds is 6. The molecular formula is C15H30N2O. The smallest absolute Gasteiger partial charge is 0.243 e. The van der Waals surface area contributed by atoms with Gasteiger partial charge in [0.2, 0.25) is 5.91 Å². The van der Waals surface area contributed by atoms with E-state index in [9.17, 15) is 4.79 Å². The Bertz CT molecular complexity index is 268. The highest BCUT2D eigenvalue weighted by molar-refractivity contribution is 5.87. The highest BCUT2D eigenvalue weighted by Gasteiger charge is 2.43. The number of nitrogens with zero attached hydrogens (tertiary/aromatic N) is 1. The van der Waals surface area contributed by atoms with Gasteiger partial charge in [0.25, 0.3) is 0 Å². The van der Waals surface area contributed by atoms with Crippen LogP contribution >= 0.6 is 0 Å². The molecule has 1 atom stereocenters. The van der Waals surface area contributed by atoms with Crippen molar-refractivity contribution in [2.75, 3.05) is 13.1 Å². The minimum atomic E-state index is -0.270. The molecule has 1 amide bonds. The van der Waals surface area contributed by atoms with Crippen molar-refractivity contribution < 1.29 is 4.79 Å². The van der Waals surface area contributed by atoms with Crippen molar-refractivity contribution in [2.45, 2.75) is 71.9 Å². The van der Waals surface area contributed by atoms with Gasteiger partial charge in [-0.1, -0.05) is 27.2 Å². The Morgan fingerprint density at radius 2 is 2.00 bits per heavy atom. The van der Waals surface area contributed by atoms with E-state index in [1.165, 1.54) is 0 Å². The molecule has 1 unspecified atom stereocenters. The van der Waals surface area contributed by atoms with E-state index < -0.39 is 0 Å². The monoisotopic (exact) mass is 254 g/mol. The van der Waals surface area contributed by atoms with E-state index in [4.69, 9.17) is 0 Å². The molecule has 18 heavy (non-hydrogen) atoms. The second-order valence-corrected chi connectivity index (χ2v) is 6.31. The summed E-state index contributed by atoms with van der Waals surface area (Å²) in [6.07, 6.45) is 4.15. The van der Waals surface area contributed by atoms with Crippen molar-refractivity contribution >= 4 is 5.91 Å². The maximum absolute atomic E-state index is 12.9. The molecule has 0 aliphatic carbocycles. The van der Waals surface area contributed by atoms with Crippen LogP contribution in [0.25, 0.3) is 0 Å². The Kier molecular flexibility index (Phi) is 5.64. The lowest BCUT2D eigenvalue weighted by Gasteiger charge is -2.37. The minimum Gasteiger partial charge on any atom is -0.338 e. The summed E-state index contributed by atoms with van der Waals surface area (Å²) in [5.74, 6) is 0.849. The summed E-state index contributed by atoms with van der Waals surface area (Å²) in [6, 6.07) is 0.288. The molecule has 0 aromatic carbocycles. The van der Waals surface area contributed by atoms with E-state index in [0.29, 0.717) is 11.8 Å². The number of hydrogen-bond acceptors (Lipinski definition) is 2. The summed E-state index contributed by atoms with van der Waals surface area (Å²) in [4.78, 5) is 15.0. The Morgan fingerprint density at radius 1 is 1.33 bits per heavy atom. The molecule has 0 spiro atoms. The first kappa shape index (κ1) is 15.5. The van der Waals surface area contributed by atoms with Crippen molar-refractivity contribution in [1.82, 2.24) is 10.2 Å². The van der Waals surface area contributed by atoms with Gasteiger partial charge in [-0.05, 0) is 45.6 Å². The maximum atomic E-state index is 12.9. The quantitative estimate of drug-likeness (QED) is 0.790. The fraction of sp³-hybridized carbons (Fsp3) is 0.933. The van der Waals surface area contributed by atoms with Gasteiger partial charge in [-0.3, -0.25) is 4.79 Å². The number of amides is 1. The number of carbonyl (C=O) groups excluding carboxylic acids is 1. The molecule has 1 aliphatic heterocycles. The lowest BCUT2D eigenvalue weighted by Crippen LogP contribution is -2.57. The van der Waals surface area contributed by atoms with Crippen LogP contribution in [0.3, 0.4) is 0 Å². The van der Waals surface area contributed by atoms with Crippen molar-refractivity contribution in [1.29, 1.82) is 0 Å². The van der Waals surface area contributed by atoms with Crippen molar-refractivity contribution in [3.8, 4) is 0 Å². The van der Waals surface area contributed by atoms with Crippen LogP contribution in [0, 0.1) is 5.92 Å². The zero-order valence-corrected chi connectivity index (χ0v) is 12.8. The number of carbonyl (C=O) groups is 1. The van der Waals surface area contributed by atoms with Crippen LogP contribution in [0.5, 0.6) is 0 Å². The zero-order chi connectivity index (χ0) is 13.8. The van der Waals surface area contributed by atoms with Crippen molar-refractivity contribution in [3.63, 3.8) is 0 Å². The summed E-state index contributed by atoms with van der Waals surface area (Å²) in [5, 5.41) is 3.49. The van der Waals surface area contributed by atoms with E-state index >= 15 is 0 Å². The standard InChI is InChI=1S/C15H30N2O/c1-6-8-15(9-7-10-16-15)14(18)17(13(4)5)11-12(2)3/h12-13,16H,6-11H2,1-5H3. The van der Waals surface area contributed by atoms with Crippen LogP contribution in [0.4, 0.5) is 0 Å². The van der Waals surface area contributed by atoms with Gasteiger partial charge in [0, 0.05) is 12.6 Å². The minimum absolute atomic E-state index is 0.270. The predicted octanol–water partition coefficient (Wildman–Crippen LogP) is 2.80. The number of hydrogen-bond donors (Lipinski definition) is 1. The molecular weight excluding hydrogens is 224 g/mol. The van der Waals surface area contributed by atoms with Crippen molar-refractivity contribution in [3.05, 3.63) is 0 Å². The molecule has 0 radical (unpaired) electrons. The second-order valence-electron chi connectivity index (χ2n) is 6.31. The lowest BCUT2D eigenvalue weighted by atomic mass is 9.89. The predicted molar refractivity (Wildman–Crippen MR) is 76.6 cm³/mol. The highest BCUT2D eigenvalue weighted by atomic mass is 16.2. The molecule has 1 heterocycles. The first-order chi connectivity index (χ1) is 8.43. The third-order valence-corrected chi connectivity index (χ3v) is 3.78. The van der Waals surface area contributed by atoms with E-state index in [2.05, 4.69) is 44.8 Å². The lowest BCUT2D eigenvalue weighted by molar-refractivity contribution is -0.140. The van der Waals surface area contributed by atoms with Crippen LogP contribution in [0.15, 0.2) is 0 Å². The Labute approximate surface area is 112 Å². The molecule has 3 nitrogen and oxygen atoms in total. The van der Waals surface area contributed by atoms with Crippen LogP contribution in [0.2, 0.25) is 0 Å². The summed E-state index contributed by atoms with van der Waals surface area (Å²) < 4.78 is 0. The molecule has 0 saturated carbocycles. The molecule has 1 aliphatic rings. The average Bonchev–Trinajstić information content (AvgIpc) is 2.74. The fourth-order valence-electron chi connectivity index (χ4n) is 2.93. The summed E-state index contributed by atoms with van der Waals surface area (Å²) in [5.41, 5.74) is -0.270. The van der Waals surface area contributed by atoms with E-state index in [-0.39, 0.29) is 11.6 Å². The molecule has 3 heteroatoms. The topological polar surface area (TPSA) is 32.3 Å². The largest absolute Gasteiger partial charge is 0.338 e. The first-order valence-corrected chi connectivity index (χ1v) is 7.49. The summed E-state index contributed by atoms with van der Waals surface area (Å²) in [7, 11) is 0. The average molecular weight is 254 g/mol. The van der Waals surface area contributed by atoms with Gasteiger partial charge < -0.3 is 10.2 Å². The maximum Gasteiger partial charge on any atom is 0.243 e. The van der Waals surface area contributed by atoms with Crippen LogP contribution < -0.4 is 5.32 Å². The normalized spacial score (nSPS) is 23.9. The molecule has 1 rings (SSSR count).